The third-order valence-electron chi connectivity index (χ3n) is 5.49. The normalized spacial score (nSPS) is 36.5. The first-order chi connectivity index (χ1) is 11.5. The zero-order valence-electron chi connectivity index (χ0n) is 13.1. The molecule has 3 aliphatic heterocycles. The largest absolute Gasteiger partial charge is 0.454 e. The molecule has 0 radical (unpaired) electrons. The van der Waals surface area contributed by atoms with Gasteiger partial charge in [0.15, 0.2) is 17.6 Å². The van der Waals surface area contributed by atoms with Crippen LogP contribution in [-0.2, 0) is 10.3 Å². The number of rotatable bonds is 0. The first kappa shape index (κ1) is 14.3. The summed E-state index contributed by atoms with van der Waals surface area (Å²) in [7, 11) is 1.92. The van der Waals surface area contributed by atoms with E-state index in [1.807, 2.05) is 11.9 Å². The monoisotopic (exact) mass is 331 g/mol. The Morgan fingerprint density at radius 2 is 2.04 bits per heavy atom. The number of hydrogen-bond donors (Lipinski definition) is 2. The lowest BCUT2D eigenvalue weighted by Gasteiger charge is -2.49. The summed E-state index contributed by atoms with van der Waals surface area (Å²) in [6, 6.07) is 2.85. The number of fused-ring (bicyclic) bond motifs is 6. The lowest BCUT2D eigenvalue weighted by Crippen LogP contribution is -2.63. The summed E-state index contributed by atoms with van der Waals surface area (Å²) in [6.45, 7) is 0.846. The number of ether oxygens (including phenoxy) is 3. The molecule has 7 nitrogen and oxygen atoms in total. The summed E-state index contributed by atoms with van der Waals surface area (Å²) in [5.74, 6) is 0.371. The van der Waals surface area contributed by atoms with E-state index in [9.17, 15) is 15.0 Å². The fourth-order valence-electron chi connectivity index (χ4n) is 4.45. The van der Waals surface area contributed by atoms with E-state index in [1.54, 1.807) is 18.2 Å². The molecule has 0 aromatic heterocycles. The highest BCUT2D eigenvalue weighted by molar-refractivity contribution is 5.94. The molecule has 7 heteroatoms. The lowest BCUT2D eigenvalue weighted by atomic mass is 9.70. The van der Waals surface area contributed by atoms with Crippen LogP contribution in [0.3, 0.4) is 0 Å². The Morgan fingerprint density at radius 1 is 1.29 bits per heavy atom. The van der Waals surface area contributed by atoms with Crippen LogP contribution in [-0.4, -0.2) is 59.7 Å². The van der Waals surface area contributed by atoms with Gasteiger partial charge in [-0.1, -0.05) is 6.08 Å². The van der Waals surface area contributed by atoms with Gasteiger partial charge >= 0.3 is 5.97 Å². The standard InChI is InChI=1S/C17H17NO6/c1-18-3-2-8-4-11(19)15-17(21,14(8)18)10-6-13-12(22-7-23-13)5-9(10)16(20)24-15/h4-6,11,14-15,19,21H,2-3,7H2,1H3/t11-,14+,15+,17+/m0/s1. The highest BCUT2D eigenvalue weighted by Crippen LogP contribution is 2.51. The van der Waals surface area contributed by atoms with Crippen molar-refractivity contribution in [3.63, 3.8) is 0 Å². The van der Waals surface area contributed by atoms with Gasteiger partial charge in [0, 0.05) is 12.1 Å². The van der Waals surface area contributed by atoms with Gasteiger partial charge < -0.3 is 24.4 Å². The summed E-state index contributed by atoms with van der Waals surface area (Å²) >= 11 is 0. The van der Waals surface area contributed by atoms with E-state index < -0.39 is 23.8 Å². The second kappa shape index (κ2) is 4.50. The molecule has 24 heavy (non-hydrogen) atoms. The van der Waals surface area contributed by atoms with Gasteiger partial charge in [-0.15, -0.1) is 0 Å². The molecular formula is C17H17NO6. The number of esters is 1. The van der Waals surface area contributed by atoms with Crippen molar-refractivity contribution >= 4 is 5.97 Å². The van der Waals surface area contributed by atoms with Gasteiger partial charge in [-0.25, -0.2) is 4.79 Å². The number of carbonyl (C=O) groups is 1. The Hall–Kier alpha value is -2.09. The van der Waals surface area contributed by atoms with Crippen molar-refractivity contribution in [3.8, 4) is 11.5 Å². The number of likely N-dealkylation sites (N-methyl/N-ethyl adjacent to an activating group) is 1. The van der Waals surface area contributed by atoms with Gasteiger partial charge in [0.05, 0.1) is 11.6 Å². The van der Waals surface area contributed by atoms with Crippen molar-refractivity contribution in [1.82, 2.24) is 4.90 Å². The van der Waals surface area contributed by atoms with E-state index in [0.29, 0.717) is 17.1 Å². The zero-order valence-corrected chi connectivity index (χ0v) is 13.1. The second-order valence-electron chi connectivity index (χ2n) is 6.77. The maximum absolute atomic E-state index is 12.4. The molecule has 2 N–H and O–H groups in total. The van der Waals surface area contributed by atoms with Crippen molar-refractivity contribution in [2.45, 2.75) is 30.3 Å². The fourth-order valence-corrected chi connectivity index (χ4v) is 4.45. The lowest BCUT2D eigenvalue weighted by molar-refractivity contribution is -0.162. The molecule has 1 fully saturated rings. The number of nitrogens with zero attached hydrogens (tertiary/aromatic N) is 1. The van der Waals surface area contributed by atoms with Crippen LogP contribution in [0, 0.1) is 0 Å². The Bertz CT molecular complexity index is 790. The SMILES string of the molecule is CN1CCC2=C[C@H](O)[C@H]3OC(=O)c4cc5c(cc4[C@@]3(O)[C@@H]21)OCO5. The maximum Gasteiger partial charge on any atom is 0.339 e. The molecule has 0 saturated carbocycles. The maximum atomic E-state index is 12.4. The van der Waals surface area contributed by atoms with E-state index in [-0.39, 0.29) is 18.4 Å². The minimum Gasteiger partial charge on any atom is -0.454 e. The Morgan fingerprint density at radius 3 is 2.83 bits per heavy atom. The van der Waals surface area contributed by atoms with E-state index in [4.69, 9.17) is 14.2 Å². The van der Waals surface area contributed by atoms with E-state index in [0.717, 1.165) is 18.5 Å². The van der Waals surface area contributed by atoms with Crippen LogP contribution >= 0.6 is 0 Å². The molecule has 3 heterocycles. The zero-order chi connectivity index (χ0) is 16.6. The molecule has 5 rings (SSSR count). The fraction of sp³-hybridized carbons (Fsp3) is 0.471. The van der Waals surface area contributed by atoms with E-state index in [1.165, 1.54) is 0 Å². The summed E-state index contributed by atoms with van der Waals surface area (Å²) < 4.78 is 16.2. The van der Waals surface area contributed by atoms with E-state index in [2.05, 4.69) is 0 Å². The molecule has 1 aromatic rings. The number of carbonyl (C=O) groups excluding carboxylic acids is 1. The number of aliphatic hydroxyl groups is 2. The predicted molar refractivity (Wildman–Crippen MR) is 80.8 cm³/mol. The van der Waals surface area contributed by atoms with Crippen LogP contribution in [0.25, 0.3) is 0 Å². The van der Waals surface area contributed by atoms with Crippen LogP contribution < -0.4 is 9.47 Å². The van der Waals surface area contributed by atoms with Gasteiger partial charge in [0.2, 0.25) is 6.79 Å². The predicted octanol–water partition coefficient (Wildman–Crippen LogP) is 0.147. The summed E-state index contributed by atoms with van der Waals surface area (Å²) in [6.07, 6.45) is 0.377. The van der Waals surface area contributed by atoms with Crippen LogP contribution in [0.2, 0.25) is 0 Å². The smallest absolute Gasteiger partial charge is 0.339 e. The van der Waals surface area contributed by atoms with Crippen molar-refractivity contribution < 1.29 is 29.2 Å². The average molecular weight is 331 g/mol. The van der Waals surface area contributed by atoms with Gasteiger partial charge in [-0.05, 0) is 31.2 Å². The van der Waals surface area contributed by atoms with Crippen LogP contribution in [0.4, 0.5) is 0 Å². The third kappa shape index (κ3) is 1.59. The Labute approximate surface area is 138 Å². The number of benzene rings is 1. The van der Waals surface area contributed by atoms with Crippen molar-refractivity contribution in [1.29, 1.82) is 0 Å². The molecule has 0 spiro atoms. The molecule has 126 valence electrons. The molecular weight excluding hydrogens is 314 g/mol. The van der Waals surface area contributed by atoms with Gasteiger partial charge in [0.1, 0.15) is 11.7 Å². The van der Waals surface area contributed by atoms with Crippen molar-refractivity contribution in [2.75, 3.05) is 20.4 Å². The minimum absolute atomic E-state index is 0.0756. The summed E-state index contributed by atoms with van der Waals surface area (Å²) in [5.41, 5.74) is 0.118. The van der Waals surface area contributed by atoms with Crippen molar-refractivity contribution in [3.05, 3.63) is 34.9 Å². The van der Waals surface area contributed by atoms with E-state index >= 15 is 0 Å². The molecule has 0 amide bonds. The molecule has 0 bridgehead atoms. The van der Waals surface area contributed by atoms with Crippen LogP contribution in [0.1, 0.15) is 22.3 Å². The molecule has 1 saturated heterocycles. The van der Waals surface area contributed by atoms with Gasteiger partial charge in [-0.2, -0.15) is 0 Å². The third-order valence-corrected chi connectivity index (χ3v) is 5.49. The van der Waals surface area contributed by atoms with Crippen LogP contribution in [0.5, 0.6) is 11.5 Å². The van der Waals surface area contributed by atoms with Crippen molar-refractivity contribution in [2.24, 2.45) is 0 Å². The molecule has 4 atom stereocenters. The van der Waals surface area contributed by atoms with Gasteiger partial charge in [-0.3, -0.25) is 4.90 Å². The Kier molecular flexibility index (Phi) is 2.68. The topological polar surface area (TPSA) is 88.5 Å². The first-order valence-electron chi connectivity index (χ1n) is 7.96. The second-order valence-corrected chi connectivity index (χ2v) is 6.77. The summed E-state index contributed by atoms with van der Waals surface area (Å²) in [4.78, 5) is 14.5. The molecule has 1 aromatic carbocycles. The number of hydrogen-bond acceptors (Lipinski definition) is 7. The minimum atomic E-state index is -1.53. The first-order valence-corrected chi connectivity index (χ1v) is 7.96. The summed E-state index contributed by atoms with van der Waals surface area (Å²) in [5, 5.41) is 22.1. The highest BCUT2D eigenvalue weighted by Gasteiger charge is 2.60. The number of aliphatic hydroxyl groups excluding tert-OH is 1. The molecule has 0 unspecified atom stereocenters. The quantitative estimate of drug-likeness (QED) is 0.517. The molecule has 4 aliphatic rings. The van der Waals surface area contributed by atoms with Gasteiger partial charge in [0.25, 0.3) is 0 Å². The van der Waals surface area contributed by atoms with Crippen LogP contribution in [0.15, 0.2) is 23.8 Å². The average Bonchev–Trinajstić information content (AvgIpc) is 3.15. The Balaban J connectivity index is 1.77. The number of likely N-dealkylation sites (tertiary alicyclic amines) is 1. The highest BCUT2D eigenvalue weighted by atomic mass is 16.7. The molecule has 1 aliphatic carbocycles.